The van der Waals surface area contributed by atoms with Gasteiger partial charge < -0.3 is 0 Å². The predicted octanol–water partition coefficient (Wildman–Crippen LogP) is 14.6. The second kappa shape index (κ2) is 15.5. The lowest BCUT2D eigenvalue weighted by Crippen LogP contribution is -1.96. The van der Waals surface area contributed by atoms with Gasteiger partial charge >= 0.3 is 0 Å². The van der Waals surface area contributed by atoms with Crippen LogP contribution in [-0.2, 0) is 0 Å². The van der Waals surface area contributed by atoms with Crippen molar-refractivity contribution in [1.29, 1.82) is 0 Å². The molecule has 11 rings (SSSR count). The summed E-state index contributed by atoms with van der Waals surface area (Å²) in [5.74, 6) is 0.691. The zero-order valence-electron chi connectivity index (χ0n) is 33.2. The Morgan fingerprint density at radius 2 is 0.787 bits per heavy atom. The molecule has 11 aromatic rings. The molecule has 0 spiro atoms. The third-order valence-corrected chi connectivity index (χ3v) is 11.4. The molecule has 0 atom stereocenters. The van der Waals surface area contributed by atoms with E-state index in [1.54, 1.807) is 0 Å². The van der Waals surface area contributed by atoms with Crippen molar-refractivity contribution in [2.45, 2.75) is 0 Å². The molecule has 3 heterocycles. The summed E-state index contributed by atoms with van der Waals surface area (Å²) >= 11 is 0. The molecule has 61 heavy (non-hydrogen) atoms. The van der Waals surface area contributed by atoms with Crippen molar-refractivity contribution < 1.29 is 0 Å². The molecular formula is C57H38N4. The van der Waals surface area contributed by atoms with E-state index in [2.05, 4.69) is 211 Å². The predicted molar refractivity (Wildman–Crippen MR) is 252 cm³/mol. The van der Waals surface area contributed by atoms with Crippen molar-refractivity contribution in [3.63, 3.8) is 0 Å². The Bertz CT molecular complexity index is 3310. The first-order valence-electron chi connectivity index (χ1n) is 20.6. The van der Waals surface area contributed by atoms with Crippen molar-refractivity contribution in [3.05, 3.63) is 231 Å². The summed E-state index contributed by atoms with van der Waals surface area (Å²) in [6.07, 6.45) is 0. The minimum atomic E-state index is 0.691. The SMILES string of the molecule is c1ccc(-c2ccc(-c3cc(-c4cccc(-c5ccc6cc(-c7ccccc7)n7nc(-c8ccccc8)c(-c8ccccc8)c7c6c5)c4)nc(-c4ccccc4)n3)cc2)cc1. The van der Waals surface area contributed by atoms with Crippen LogP contribution >= 0.6 is 0 Å². The highest BCUT2D eigenvalue weighted by Gasteiger charge is 2.22. The number of pyridine rings is 1. The van der Waals surface area contributed by atoms with Gasteiger partial charge in [-0.05, 0) is 57.5 Å². The smallest absolute Gasteiger partial charge is 0.160 e. The number of hydrogen-bond acceptors (Lipinski definition) is 3. The van der Waals surface area contributed by atoms with E-state index in [0.717, 1.165) is 89.1 Å². The van der Waals surface area contributed by atoms with Crippen LogP contribution in [0.2, 0.25) is 0 Å². The van der Waals surface area contributed by atoms with Gasteiger partial charge in [-0.3, -0.25) is 0 Å². The summed E-state index contributed by atoms with van der Waals surface area (Å²) in [4.78, 5) is 10.3. The zero-order valence-corrected chi connectivity index (χ0v) is 33.2. The Labute approximate surface area is 354 Å². The van der Waals surface area contributed by atoms with Crippen molar-refractivity contribution >= 4 is 16.3 Å². The molecule has 0 amide bonds. The van der Waals surface area contributed by atoms with Crippen molar-refractivity contribution in [3.8, 4) is 89.8 Å². The van der Waals surface area contributed by atoms with Gasteiger partial charge in [0.25, 0.3) is 0 Å². The van der Waals surface area contributed by atoms with Crippen LogP contribution in [0.3, 0.4) is 0 Å². The molecule has 0 unspecified atom stereocenters. The summed E-state index contributed by atoms with van der Waals surface area (Å²) < 4.78 is 2.16. The van der Waals surface area contributed by atoms with E-state index < -0.39 is 0 Å². The Morgan fingerprint density at radius 1 is 0.311 bits per heavy atom. The van der Waals surface area contributed by atoms with Gasteiger partial charge in [0.15, 0.2) is 5.82 Å². The highest BCUT2D eigenvalue weighted by atomic mass is 15.2. The van der Waals surface area contributed by atoms with Gasteiger partial charge in [0, 0.05) is 38.8 Å². The maximum Gasteiger partial charge on any atom is 0.160 e. The lowest BCUT2D eigenvalue weighted by Gasteiger charge is -2.13. The lowest BCUT2D eigenvalue weighted by molar-refractivity contribution is 0.979. The number of fused-ring (bicyclic) bond motifs is 3. The Hall–Kier alpha value is -8.21. The molecular weight excluding hydrogens is 741 g/mol. The monoisotopic (exact) mass is 778 g/mol. The second-order valence-corrected chi connectivity index (χ2v) is 15.3. The number of benzene rings is 8. The molecule has 0 saturated carbocycles. The number of aromatic nitrogens is 4. The first-order valence-corrected chi connectivity index (χ1v) is 20.6. The van der Waals surface area contributed by atoms with Gasteiger partial charge in [0.1, 0.15) is 5.69 Å². The van der Waals surface area contributed by atoms with E-state index in [4.69, 9.17) is 15.1 Å². The number of nitrogens with zero attached hydrogens (tertiary/aromatic N) is 4. The minimum absolute atomic E-state index is 0.691. The van der Waals surface area contributed by atoms with Crippen molar-refractivity contribution in [2.24, 2.45) is 0 Å². The number of rotatable bonds is 8. The Morgan fingerprint density at radius 3 is 1.44 bits per heavy atom. The van der Waals surface area contributed by atoms with Crippen LogP contribution in [-0.4, -0.2) is 19.6 Å². The van der Waals surface area contributed by atoms with Crippen LogP contribution < -0.4 is 0 Å². The fraction of sp³-hybridized carbons (Fsp3) is 0. The second-order valence-electron chi connectivity index (χ2n) is 15.3. The molecule has 0 bridgehead atoms. The third-order valence-electron chi connectivity index (χ3n) is 11.4. The van der Waals surface area contributed by atoms with E-state index in [9.17, 15) is 0 Å². The fourth-order valence-electron chi connectivity index (χ4n) is 8.39. The highest BCUT2D eigenvalue weighted by Crippen LogP contribution is 2.42. The molecule has 0 N–H and O–H groups in total. The van der Waals surface area contributed by atoms with Crippen LogP contribution in [0.1, 0.15) is 0 Å². The van der Waals surface area contributed by atoms with Gasteiger partial charge in [-0.2, -0.15) is 5.10 Å². The molecule has 0 fully saturated rings. The highest BCUT2D eigenvalue weighted by molar-refractivity contribution is 6.09. The third kappa shape index (κ3) is 6.86. The molecule has 8 aromatic carbocycles. The van der Waals surface area contributed by atoms with Gasteiger partial charge in [-0.25, -0.2) is 14.5 Å². The van der Waals surface area contributed by atoms with E-state index in [-0.39, 0.29) is 0 Å². The Balaban J connectivity index is 1.08. The summed E-state index contributed by atoms with van der Waals surface area (Å²) in [5, 5.41) is 7.71. The molecule has 0 saturated heterocycles. The first kappa shape index (κ1) is 35.9. The molecule has 4 heteroatoms. The molecule has 4 nitrogen and oxygen atoms in total. The maximum absolute atomic E-state index is 5.43. The van der Waals surface area contributed by atoms with E-state index in [1.165, 1.54) is 11.1 Å². The van der Waals surface area contributed by atoms with Crippen molar-refractivity contribution in [1.82, 2.24) is 19.6 Å². The molecule has 286 valence electrons. The van der Waals surface area contributed by atoms with E-state index in [1.807, 2.05) is 24.3 Å². The summed E-state index contributed by atoms with van der Waals surface area (Å²) in [6.45, 7) is 0. The average molecular weight is 779 g/mol. The van der Waals surface area contributed by atoms with Crippen LogP contribution in [0.15, 0.2) is 231 Å². The van der Waals surface area contributed by atoms with E-state index >= 15 is 0 Å². The molecule has 0 aliphatic rings. The Kier molecular flexibility index (Phi) is 9.14. The van der Waals surface area contributed by atoms with Crippen LogP contribution in [0, 0.1) is 0 Å². The quantitative estimate of drug-likeness (QED) is 0.154. The summed E-state index contributed by atoms with van der Waals surface area (Å²) in [7, 11) is 0. The minimum Gasteiger partial charge on any atom is -0.231 e. The normalized spacial score (nSPS) is 11.3. The fourth-order valence-corrected chi connectivity index (χ4v) is 8.39. The van der Waals surface area contributed by atoms with Crippen LogP contribution in [0.25, 0.3) is 106 Å². The molecule has 3 aromatic heterocycles. The molecule has 0 aliphatic heterocycles. The van der Waals surface area contributed by atoms with Gasteiger partial charge in [-0.1, -0.05) is 206 Å². The summed E-state index contributed by atoms with van der Waals surface area (Å²) in [6, 6.07) is 81.0. The van der Waals surface area contributed by atoms with E-state index in [0.29, 0.717) is 5.82 Å². The molecule has 0 radical (unpaired) electrons. The summed E-state index contributed by atoms with van der Waals surface area (Å²) in [5.41, 5.74) is 16.8. The van der Waals surface area contributed by atoms with Crippen LogP contribution in [0.4, 0.5) is 0 Å². The topological polar surface area (TPSA) is 43.1 Å². The lowest BCUT2D eigenvalue weighted by atomic mass is 9.94. The number of hydrogen-bond donors (Lipinski definition) is 0. The van der Waals surface area contributed by atoms with Crippen LogP contribution in [0.5, 0.6) is 0 Å². The van der Waals surface area contributed by atoms with Gasteiger partial charge in [-0.15, -0.1) is 0 Å². The zero-order chi connectivity index (χ0) is 40.5. The van der Waals surface area contributed by atoms with Gasteiger partial charge in [0.2, 0.25) is 0 Å². The van der Waals surface area contributed by atoms with Gasteiger partial charge in [0.05, 0.1) is 22.6 Å². The van der Waals surface area contributed by atoms with Crippen molar-refractivity contribution in [2.75, 3.05) is 0 Å². The first-order chi connectivity index (χ1) is 30.2. The standard InChI is InChI=1S/C57H38N4/c1-6-17-39(18-7-1)40-29-31-41(32-30-40)51-38-52(59-57(58-51)45-25-14-5-15-26-45)49-28-16-27-46(35-49)47-33-34-48-37-53(42-19-8-2-9-20-42)61-56(50(48)36-47)54(43-21-10-3-11-22-43)55(60-61)44-23-12-4-13-24-44/h1-38H. The molecule has 0 aliphatic carbocycles. The largest absolute Gasteiger partial charge is 0.231 e. The maximum atomic E-state index is 5.43. The average Bonchev–Trinajstić information content (AvgIpc) is 3.76.